The zero-order valence-electron chi connectivity index (χ0n) is 11.2. The van der Waals surface area contributed by atoms with E-state index in [1.54, 1.807) is 11.3 Å². The second kappa shape index (κ2) is 6.13. The fourth-order valence-corrected chi connectivity index (χ4v) is 2.94. The van der Waals surface area contributed by atoms with E-state index in [2.05, 4.69) is 23.7 Å². The highest BCUT2D eigenvalue weighted by Crippen LogP contribution is 2.25. The maximum absolute atomic E-state index is 10.3. The Hall–Kier alpha value is -1.45. The van der Waals surface area contributed by atoms with Crippen molar-refractivity contribution in [3.05, 3.63) is 53.4 Å². The molecule has 0 aliphatic carbocycles. The number of hydrogen-bond donors (Lipinski definition) is 1. The molecule has 0 fully saturated rings. The third-order valence-electron chi connectivity index (χ3n) is 3.04. The van der Waals surface area contributed by atoms with Gasteiger partial charge in [0.05, 0.1) is 16.3 Å². The van der Waals surface area contributed by atoms with Crippen LogP contribution in [0.2, 0.25) is 0 Å². The average molecular weight is 273 g/mol. The molecule has 2 rings (SSSR count). The highest BCUT2D eigenvalue weighted by Gasteiger charge is 2.21. The van der Waals surface area contributed by atoms with Crippen LogP contribution in [0, 0.1) is 0 Å². The van der Waals surface area contributed by atoms with Gasteiger partial charge in [0.15, 0.2) is 0 Å². The monoisotopic (exact) mass is 273 g/mol. The van der Waals surface area contributed by atoms with Crippen molar-refractivity contribution in [2.45, 2.75) is 31.8 Å². The van der Waals surface area contributed by atoms with Crippen LogP contribution in [0.15, 0.2) is 48.4 Å². The van der Waals surface area contributed by atoms with Gasteiger partial charge >= 0.3 is 0 Å². The minimum absolute atomic E-state index is 0.596. The summed E-state index contributed by atoms with van der Waals surface area (Å²) in [5, 5.41) is 13.3. The molecule has 2 nitrogen and oxygen atoms in total. The van der Waals surface area contributed by atoms with E-state index >= 15 is 0 Å². The molecule has 0 spiro atoms. The second-order valence-electron chi connectivity index (χ2n) is 4.99. The molecule has 3 heteroatoms. The maximum Gasteiger partial charge on any atom is 0.0961 e. The Bertz CT molecular complexity index is 531. The third kappa shape index (κ3) is 4.01. The van der Waals surface area contributed by atoms with E-state index in [0.717, 1.165) is 29.1 Å². The summed E-state index contributed by atoms with van der Waals surface area (Å²) in [6, 6.07) is 10.1. The van der Waals surface area contributed by atoms with Gasteiger partial charge in [0.2, 0.25) is 0 Å². The molecular formula is C16H19NOS. The number of hydrogen-bond acceptors (Lipinski definition) is 3. The lowest BCUT2D eigenvalue weighted by molar-refractivity contribution is 0.0523. The summed E-state index contributed by atoms with van der Waals surface area (Å²) in [5.41, 5.74) is 1.40. The lowest BCUT2D eigenvalue weighted by Crippen LogP contribution is -2.26. The lowest BCUT2D eigenvalue weighted by Gasteiger charge is -2.21. The van der Waals surface area contributed by atoms with Gasteiger partial charge in [0.1, 0.15) is 0 Å². The highest BCUT2D eigenvalue weighted by atomic mass is 32.1. The van der Waals surface area contributed by atoms with E-state index in [1.165, 1.54) is 0 Å². The first-order valence-corrected chi connectivity index (χ1v) is 7.32. The Kier molecular flexibility index (Phi) is 4.51. The summed E-state index contributed by atoms with van der Waals surface area (Å²) in [7, 11) is 0. The van der Waals surface area contributed by atoms with Crippen LogP contribution < -0.4 is 0 Å². The zero-order valence-corrected chi connectivity index (χ0v) is 12.0. The van der Waals surface area contributed by atoms with Gasteiger partial charge in [0.25, 0.3) is 0 Å². The number of allylic oxidation sites excluding steroid dienone is 1. The van der Waals surface area contributed by atoms with Gasteiger partial charge in [-0.05, 0) is 19.8 Å². The minimum Gasteiger partial charge on any atom is -0.390 e. The summed E-state index contributed by atoms with van der Waals surface area (Å²) in [6.07, 6.45) is 3.98. The largest absolute Gasteiger partial charge is 0.390 e. The summed E-state index contributed by atoms with van der Waals surface area (Å²) >= 11 is 1.61. The average Bonchev–Trinajstić information content (AvgIpc) is 2.85. The van der Waals surface area contributed by atoms with Gasteiger partial charge in [-0.3, -0.25) is 0 Å². The molecule has 0 bridgehead atoms. The first kappa shape index (κ1) is 14.0. The molecule has 0 saturated carbocycles. The summed E-state index contributed by atoms with van der Waals surface area (Å²) in [5.74, 6) is 0. The van der Waals surface area contributed by atoms with Gasteiger partial charge in [-0.2, -0.15) is 0 Å². The Morgan fingerprint density at radius 3 is 2.79 bits per heavy atom. The lowest BCUT2D eigenvalue weighted by atomic mass is 9.96. The van der Waals surface area contributed by atoms with Crippen LogP contribution in [-0.4, -0.2) is 15.7 Å². The van der Waals surface area contributed by atoms with Gasteiger partial charge in [-0.25, -0.2) is 4.98 Å². The van der Waals surface area contributed by atoms with Gasteiger partial charge in [-0.1, -0.05) is 36.4 Å². The van der Waals surface area contributed by atoms with Crippen molar-refractivity contribution < 1.29 is 5.11 Å². The molecule has 0 aliphatic heterocycles. The summed E-state index contributed by atoms with van der Waals surface area (Å²) in [4.78, 5) is 4.61. The van der Waals surface area contributed by atoms with E-state index in [1.807, 2.05) is 36.6 Å². The summed E-state index contributed by atoms with van der Waals surface area (Å²) < 4.78 is 0. The quantitative estimate of drug-likeness (QED) is 0.805. The molecular weight excluding hydrogens is 254 g/mol. The van der Waals surface area contributed by atoms with Crippen molar-refractivity contribution in [3.63, 3.8) is 0 Å². The van der Waals surface area contributed by atoms with Gasteiger partial charge in [0, 0.05) is 17.4 Å². The van der Waals surface area contributed by atoms with Crippen molar-refractivity contribution in [2.75, 3.05) is 0 Å². The van der Waals surface area contributed by atoms with Crippen LogP contribution in [0.1, 0.15) is 24.8 Å². The molecule has 1 N–H and O–H groups in total. The van der Waals surface area contributed by atoms with Gasteiger partial charge in [-0.15, -0.1) is 17.9 Å². The number of rotatable bonds is 6. The molecule has 0 amide bonds. The van der Waals surface area contributed by atoms with Crippen LogP contribution in [-0.2, 0) is 6.42 Å². The van der Waals surface area contributed by atoms with Crippen molar-refractivity contribution >= 4 is 11.3 Å². The Labute approximate surface area is 118 Å². The number of nitrogens with zero attached hydrogens (tertiary/aromatic N) is 1. The molecule has 19 heavy (non-hydrogen) atoms. The molecule has 0 aliphatic rings. The van der Waals surface area contributed by atoms with Crippen molar-refractivity contribution in [1.29, 1.82) is 0 Å². The molecule has 1 atom stereocenters. The van der Waals surface area contributed by atoms with Crippen LogP contribution in [0.5, 0.6) is 0 Å². The molecule has 0 radical (unpaired) electrons. The van der Waals surface area contributed by atoms with Crippen LogP contribution in [0.3, 0.4) is 0 Å². The standard InChI is InChI=1S/C16H19NOS/c1-3-4-10-16(2,18)11-15-17-14(12-19-15)13-8-6-5-7-9-13/h3,5-9,12,18H,1,4,10-11H2,2H3. The van der Waals surface area contributed by atoms with E-state index in [-0.39, 0.29) is 0 Å². The number of benzene rings is 1. The third-order valence-corrected chi connectivity index (χ3v) is 3.89. The Morgan fingerprint density at radius 1 is 1.37 bits per heavy atom. The number of aliphatic hydroxyl groups is 1. The smallest absolute Gasteiger partial charge is 0.0961 e. The SMILES string of the molecule is C=CCCC(C)(O)Cc1nc(-c2ccccc2)cs1. The normalized spacial score (nSPS) is 14.0. The van der Waals surface area contributed by atoms with Crippen molar-refractivity contribution in [2.24, 2.45) is 0 Å². The first-order valence-electron chi connectivity index (χ1n) is 6.44. The van der Waals surface area contributed by atoms with Crippen molar-refractivity contribution in [1.82, 2.24) is 4.98 Å². The van der Waals surface area contributed by atoms with E-state index in [9.17, 15) is 5.11 Å². The fraction of sp³-hybridized carbons (Fsp3) is 0.312. The summed E-state index contributed by atoms with van der Waals surface area (Å²) in [6.45, 7) is 5.55. The predicted octanol–water partition coefficient (Wildman–Crippen LogP) is 4.07. The Balaban J connectivity index is 2.07. The minimum atomic E-state index is -0.708. The number of aromatic nitrogens is 1. The highest BCUT2D eigenvalue weighted by molar-refractivity contribution is 7.09. The molecule has 1 heterocycles. The fourth-order valence-electron chi connectivity index (χ4n) is 1.96. The molecule has 2 aromatic rings. The van der Waals surface area contributed by atoms with E-state index < -0.39 is 5.60 Å². The topological polar surface area (TPSA) is 33.1 Å². The predicted molar refractivity (Wildman–Crippen MR) is 81.3 cm³/mol. The number of thiazole rings is 1. The molecule has 0 saturated heterocycles. The Morgan fingerprint density at radius 2 is 2.11 bits per heavy atom. The van der Waals surface area contributed by atoms with E-state index in [0.29, 0.717) is 6.42 Å². The second-order valence-corrected chi connectivity index (χ2v) is 5.94. The van der Waals surface area contributed by atoms with Crippen LogP contribution in [0.25, 0.3) is 11.3 Å². The molecule has 1 unspecified atom stereocenters. The molecule has 1 aromatic heterocycles. The van der Waals surface area contributed by atoms with Crippen molar-refractivity contribution in [3.8, 4) is 11.3 Å². The van der Waals surface area contributed by atoms with Crippen LogP contribution >= 0.6 is 11.3 Å². The van der Waals surface area contributed by atoms with E-state index in [4.69, 9.17) is 0 Å². The van der Waals surface area contributed by atoms with Crippen LogP contribution in [0.4, 0.5) is 0 Å². The molecule has 100 valence electrons. The maximum atomic E-state index is 10.3. The van der Waals surface area contributed by atoms with Gasteiger partial charge < -0.3 is 5.11 Å². The molecule has 1 aromatic carbocycles. The first-order chi connectivity index (χ1) is 9.11. The zero-order chi connectivity index (χ0) is 13.7.